The van der Waals surface area contributed by atoms with E-state index in [-0.39, 0.29) is 33.8 Å². The summed E-state index contributed by atoms with van der Waals surface area (Å²) in [7, 11) is 0. The van der Waals surface area contributed by atoms with Gasteiger partial charge in [-0.1, -0.05) is 52.8 Å². The molecule has 1 saturated carbocycles. The third kappa shape index (κ3) is 4.71. The number of nitro groups is 1. The number of pyridine rings is 1. The Bertz CT molecular complexity index is 2140. The molecule has 2 aliphatic carbocycles. The number of aromatic nitrogens is 5. The van der Waals surface area contributed by atoms with Crippen LogP contribution in [0.25, 0.3) is 33.6 Å². The molecule has 3 heterocycles. The Balaban J connectivity index is 1.11. The van der Waals surface area contributed by atoms with Crippen LogP contribution >= 0.6 is 0 Å². The van der Waals surface area contributed by atoms with Gasteiger partial charge >= 0.3 is 0 Å². The van der Waals surface area contributed by atoms with E-state index in [2.05, 4.69) is 25.8 Å². The Labute approximate surface area is 254 Å². The summed E-state index contributed by atoms with van der Waals surface area (Å²) < 4.78 is 22.4. The number of benzene rings is 3. The Morgan fingerprint density at radius 2 is 1.89 bits per heavy atom. The van der Waals surface area contributed by atoms with E-state index >= 15 is 4.39 Å². The van der Waals surface area contributed by atoms with E-state index in [1.165, 1.54) is 24.3 Å². The second-order valence-electron chi connectivity index (χ2n) is 11.3. The van der Waals surface area contributed by atoms with Crippen molar-refractivity contribution in [3.05, 3.63) is 117 Å². The van der Waals surface area contributed by atoms with Gasteiger partial charge in [-0.15, -0.1) is 5.10 Å². The quantitative estimate of drug-likeness (QED) is 0.154. The molecule has 8 rings (SSSR count). The predicted molar refractivity (Wildman–Crippen MR) is 162 cm³/mol. The highest BCUT2D eigenvalue weighted by Gasteiger charge is 2.32. The third-order valence-corrected chi connectivity index (χ3v) is 8.49. The van der Waals surface area contributed by atoms with Crippen molar-refractivity contribution < 1.29 is 18.6 Å². The van der Waals surface area contributed by atoms with Gasteiger partial charge in [0.2, 0.25) is 0 Å². The monoisotopic (exact) mass is 601 g/mol. The third-order valence-electron chi connectivity index (χ3n) is 8.49. The number of rotatable bonds is 7. The molecule has 3 aromatic carbocycles. The van der Waals surface area contributed by atoms with Gasteiger partial charge in [0.25, 0.3) is 17.3 Å². The van der Waals surface area contributed by atoms with Gasteiger partial charge in [-0.05, 0) is 55.5 Å². The summed E-state index contributed by atoms with van der Waals surface area (Å²) in [5, 5.41) is 27.6. The molecule has 1 atom stereocenters. The number of fused-ring (bicyclic) bond motifs is 2. The molecule has 1 N–H and O–H groups in total. The van der Waals surface area contributed by atoms with Crippen molar-refractivity contribution in [1.82, 2.24) is 25.1 Å². The average Bonchev–Trinajstić information content (AvgIpc) is 3.42. The fourth-order valence-electron chi connectivity index (χ4n) is 6.14. The minimum absolute atomic E-state index is 0.0858. The first-order valence-corrected chi connectivity index (χ1v) is 14.6. The lowest BCUT2D eigenvalue weighted by atomic mass is 10.0. The molecule has 3 aromatic heterocycles. The number of nitro benzene ring substituents is 1. The largest absolute Gasteiger partial charge is 0.335 e. The zero-order valence-electron chi connectivity index (χ0n) is 23.7. The lowest BCUT2D eigenvalue weighted by Crippen LogP contribution is -2.13. The van der Waals surface area contributed by atoms with Crippen molar-refractivity contribution >= 4 is 28.4 Å². The van der Waals surface area contributed by atoms with Crippen LogP contribution in [0.15, 0.2) is 83.5 Å². The lowest BCUT2D eigenvalue weighted by molar-refractivity contribution is -0.385. The van der Waals surface area contributed by atoms with Crippen LogP contribution in [0.2, 0.25) is 0 Å². The van der Waals surface area contributed by atoms with Crippen molar-refractivity contribution in [3.63, 3.8) is 0 Å². The van der Waals surface area contributed by atoms with Crippen LogP contribution in [-0.4, -0.2) is 36.0 Å². The van der Waals surface area contributed by atoms with E-state index in [1.54, 1.807) is 23.0 Å². The molecule has 0 saturated heterocycles. The zero-order valence-corrected chi connectivity index (χ0v) is 23.7. The van der Waals surface area contributed by atoms with E-state index in [4.69, 9.17) is 4.52 Å². The van der Waals surface area contributed by atoms with Gasteiger partial charge in [0.1, 0.15) is 17.2 Å². The molecule has 1 fully saturated rings. The van der Waals surface area contributed by atoms with Gasteiger partial charge in [0.05, 0.1) is 28.1 Å². The maximum Gasteiger partial charge on any atom is 0.272 e. The fourth-order valence-corrected chi connectivity index (χ4v) is 6.14. The highest BCUT2D eigenvalue weighted by Crippen LogP contribution is 2.42. The molecule has 45 heavy (non-hydrogen) atoms. The van der Waals surface area contributed by atoms with Crippen molar-refractivity contribution in [2.24, 2.45) is 0 Å². The van der Waals surface area contributed by atoms with Crippen molar-refractivity contribution in [3.8, 4) is 22.5 Å². The number of carbonyl (C=O) groups is 1. The predicted octanol–water partition coefficient (Wildman–Crippen LogP) is 6.86. The molecule has 0 radical (unpaired) electrons. The van der Waals surface area contributed by atoms with Crippen LogP contribution in [0.1, 0.15) is 58.4 Å². The second kappa shape index (κ2) is 10.4. The standard InChI is InChI=1S/C33H24FN7O4/c34-25-13-11-20(15-23(25)27-17-40(39-37-27)28-14-12-22-21(28)7-4-8-29(22)41(43)44)35-32(42)24-16-26(18-9-10-18)36-33-30(24)31(38-45-33)19-5-2-1-3-6-19/h1-8,11,13,15-18,28H,9-10,12,14H2,(H,35,42)/t28-/m1/s1. The number of nitrogens with one attached hydrogen (secondary N) is 1. The molecule has 11 nitrogen and oxygen atoms in total. The molecular formula is C33H24FN7O4. The number of halogens is 1. The molecular weight excluding hydrogens is 577 g/mol. The zero-order chi connectivity index (χ0) is 30.7. The Hall–Kier alpha value is -5.78. The van der Waals surface area contributed by atoms with Gasteiger partial charge < -0.3 is 9.84 Å². The summed E-state index contributed by atoms with van der Waals surface area (Å²) in [6.45, 7) is 0. The van der Waals surface area contributed by atoms with Crippen molar-refractivity contribution in [2.45, 2.75) is 37.6 Å². The van der Waals surface area contributed by atoms with Crippen molar-refractivity contribution in [1.29, 1.82) is 0 Å². The number of hydrogen-bond donors (Lipinski definition) is 1. The smallest absolute Gasteiger partial charge is 0.272 e. The molecule has 222 valence electrons. The van der Waals surface area contributed by atoms with Gasteiger partial charge in [-0.3, -0.25) is 14.9 Å². The molecule has 0 unspecified atom stereocenters. The molecule has 1 amide bonds. The minimum atomic E-state index is -0.532. The van der Waals surface area contributed by atoms with Gasteiger partial charge in [0.15, 0.2) is 0 Å². The summed E-state index contributed by atoms with van der Waals surface area (Å²) >= 11 is 0. The summed E-state index contributed by atoms with van der Waals surface area (Å²) in [6.07, 6.45) is 4.75. The maximum absolute atomic E-state index is 15.1. The Kier molecular flexibility index (Phi) is 6.22. The molecule has 0 bridgehead atoms. The summed E-state index contributed by atoms with van der Waals surface area (Å²) in [5.74, 6) is -0.672. The Morgan fingerprint density at radius 3 is 2.69 bits per heavy atom. The molecule has 0 aliphatic heterocycles. The first-order valence-electron chi connectivity index (χ1n) is 14.6. The number of carbonyl (C=O) groups excluding carboxylic acids is 1. The van der Waals surface area contributed by atoms with Crippen LogP contribution < -0.4 is 5.32 Å². The van der Waals surface area contributed by atoms with E-state index in [0.717, 1.165) is 29.7 Å². The maximum atomic E-state index is 15.1. The topological polar surface area (TPSA) is 142 Å². The number of anilines is 1. The first-order chi connectivity index (χ1) is 21.9. The molecule has 6 aromatic rings. The molecule has 12 heteroatoms. The molecule has 0 spiro atoms. The minimum Gasteiger partial charge on any atom is -0.335 e. The van der Waals surface area contributed by atoms with Crippen LogP contribution in [0.4, 0.5) is 15.8 Å². The fraction of sp³-hybridized carbons (Fsp3) is 0.182. The first kappa shape index (κ1) is 26.8. The highest BCUT2D eigenvalue weighted by atomic mass is 19.1. The van der Waals surface area contributed by atoms with Gasteiger partial charge in [-0.2, -0.15) is 0 Å². The van der Waals surface area contributed by atoms with E-state index < -0.39 is 11.7 Å². The van der Waals surface area contributed by atoms with E-state index in [1.807, 2.05) is 36.4 Å². The summed E-state index contributed by atoms with van der Waals surface area (Å²) in [5.41, 5.74) is 5.11. The number of hydrogen-bond acceptors (Lipinski definition) is 8. The van der Waals surface area contributed by atoms with Gasteiger partial charge in [0, 0.05) is 40.1 Å². The van der Waals surface area contributed by atoms with Crippen molar-refractivity contribution in [2.75, 3.05) is 5.32 Å². The summed E-state index contributed by atoms with van der Waals surface area (Å²) in [4.78, 5) is 29.6. The number of nitrogens with zero attached hydrogens (tertiary/aromatic N) is 6. The van der Waals surface area contributed by atoms with Crippen LogP contribution in [-0.2, 0) is 6.42 Å². The lowest BCUT2D eigenvalue weighted by Gasteiger charge is -2.11. The Morgan fingerprint density at radius 1 is 1.04 bits per heavy atom. The number of amides is 1. The van der Waals surface area contributed by atoms with Crippen LogP contribution in [0.5, 0.6) is 0 Å². The normalized spacial score (nSPS) is 15.7. The van der Waals surface area contributed by atoms with Crippen LogP contribution in [0.3, 0.4) is 0 Å². The van der Waals surface area contributed by atoms with Gasteiger partial charge in [-0.25, -0.2) is 14.1 Å². The van der Waals surface area contributed by atoms with E-state index in [9.17, 15) is 14.9 Å². The molecule has 2 aliphatic rings. The average molecular weight is 602 g/mol. The second-order valence-corrected chi connectivity index (χ2v) is 11.3. The van der Waals surface area contributed by atoms with E-state index in [0.29, 0.717) is 46.4 Å². The summed E-state index contributed by atoms with van der Waals surface area (Å²) in [6, 6.07) is 20.2. The highest BCUT2D eigenvalue weighted by molar-refractivity contribution is 6.14. The SMILES string of the molecule is O=C(Nc1ccc(F)c(-c2cn([C@@H]3CCc4c3cccc4[N+](=O)[O-])nn2)c1)c1cc(C2CC2)nc2onc(-c3ccccc3)c12. The van der Waals surface area contributed by atoms with Crippen LogP contribution in [0, 0.1) is 15.9 Å².